The van der Waals surface area contributed by atoms with E-state index < -0.39 is 51.8 Å². The Hall–Kier alpha value is -2.07. The van der Waals surface area contributed by atoms with E-state index in [2.05, 4.69) is 67.0 Å². The van der Waals surface area contributed by atoms with Crippen LogP contribution in [0.1, 0.15) is 168 Å². The van der Waals surface area contributed by atoms with Crippen LogP contribution in [0.15, 0.2) is 48.6 Å². The van der Waals surface area contributed by atoms with Crippen LogP contribution >= 0.6 is 7.82 Å². The number of ether oxygens (including phenoxy) is 2. The summed E-state index contributed by atoms with van der Waals surface area (Å²) in [6.45, 7) is 2.28. The molecule has 10 nitrogen and oxygen atoms in total. The Labute approximate surface area is 322 Å². The maximum absolute atomic E-state index is 12.6. The van der Waals surface area contributed by atoms with Gasteiger partial charge in [-0.3, -0.25) is 18.6 Å². The van der Waals surface area contributed by atoms with E-state index >= 15 is 0 Å². The van der Waals surface area contributed by atoms with Gasteiger partial charge in [-0.1, -0.05) is 133 Å². The number of carbonyl (C=O) groups is 2. The molecule has 3 N–H and O–H groups in total. The zero-order valence-corrected chi connectivity index (χ0v) is 34.1. The van der Waals surface area contributed by atoms with E-state index in [-0.39, 0.29) is 19.4 Å². The van der Waals surface area contributed by atoms with Crippen molar-refractivity contribution in [3.63, 3.8) is 0 Å². The van der Waals surface area contributed by atoms with Crippen molar-refractivity contribution in [1.29, 1.82) is 0 Å². The average Bonchev–Trinajstić information content (AvgIpc) is 3.14. The summed E-state index contributed by atoms with van der Waals surface area (Å²) < 4.78 is 32.6. The number of hydrogen-bond donors (Lipinski definition) is 3. The highest BCUT2D eigenvalue weighted by molar-refractivity contribution is 7.47. The highest BCUT2D eigenvalue weighted by atomic mass is 31.2. The molecule has 1 unspecified atom stereocenters. The minimum Gasteiger partial charge on any atom is -0.462 e. The third kappa shape index (κ3) is 38.0. The number of allylic oxidation sites excluding steroid dienone is 8. The summed E-state index contributed by atoms with van der Waals surface area (Å²) in [6.07, 6.45) is 39.3. The zero-order valence-electron chi connectivity index (χ0n) is 33.2. The molecule has 0 saturated heterocycles. The molecular formula is C42H75O10P. The number of unbranched alkanes of at least 4 members (excludes halogenated alkanes) is 17. The number of esters is 2. The fourth-order valence-electron chi connectivity index (χ4n) is 5.25. The van der Waals surface area contributed by atoms with Gasteiger partial charge in [0.1, 0.15) is 12.7 Å². The molecule has 0 aliphatic rings. The lowest BCUT2D eigenvalue weighted by Gasteiger charge is -2.20. The van der Waals surface area contributed by atoms with Gasteiger partial charge in [-0.2, -0.15) is 0 Å². The molecule has 0 rings (SSSR count). The van der Waals surface area contributed by atoms with Gasteiger partial charge in [0.05, 0.1) is 19.8 Å². The van der Waals surface area contributed by atoms with Crippen LogP contribution in [0.5, 0.6) is 0 Å². The molecule has 0 saturated carbocycles. The van der Waals surface area contributed by atoms with Gasteiger partial charge in [-0.25, -0.2) is 4.57 Å². The number of phosphoric ester groups is 1. The first kappa shape index (κ1) is 50.9. The fourth-order valence-corrected chi connectivity index (χ4v) is 6.04. The van der Waals surface area contributed by atoms with E-state index in [1.807, 2.05) is 0 Å². The topological polar surface area (TPSA) is 149 Å². The Bertz CT molecular complexity index is 1030. The smallest absolute Gasteiger partial charge is 0.462 e. The molecule has 11 heteroatoms. The first-order valence-electron chi connectivity index (χ1n) is 20.6. The Morgan fingerprint density at radius 3 is 1.60 bits per heavy atom. The second-order valence-corrected chi connectivity index (χ2v) is 15.1. The molecule has 0 aliphatic carbocycles. The summed E-state index contributed by atoms with van der Waals surface area (Å²) in [6, 6.07) is 0. The van der Waals surface area contributed by atoms with Crippen molar-refractivity contribution in [1.82, 2.24) is 0 Å². The van der Waals surface area contributed by atoms with E-state index in [9.17, 15) is 24.2 Å². The average molecular weight is 771 g/mol. The Kier molecular flexibility index (Phi) is 36.7. The first-order chi connectivity index (χ1) is 25.7. The van der Waals surface area contributed by atoms with Crippen LogP contribution in [-0.4, -0.2) is 65.7 Å². The second kappa shape index (κ2) is 38.2. The van der Waals surface area contributed by atoms with Crippen LogP contribution in [0.3, 0.4) is 0 Å². The molecular weight excluding hydrogens is 695 g/mol. The summed E-state index contributed by atoms with van der Waals surface area (Å²) in [5.41, 5.74) is 0. The molecule has 0 aromatic heterocycles. The van der Waals surface area contributed by atoms with Crippen molar-refractivity contribution in [2.75, 3.05) is 26.4 Å². The normalized spacial score (nSPS) is 14.4. The Morgan fingerprint density at radius 1 is 0.585 bits per heavy atom. The van der Waals surface area contributed by atoms with E-state index in [0.29, 0.717) is 12.8 Å². The van der Waals surface area contributed by atoms with Crippen molar-refractivity contribution >= 4 is 19.8 Å². The van der Waals surface area contributed by atoms with Crippen LogP contribution < -0.4 is 0 Å². The second-order valence-electron chi connectivity index (χ2n) is 13.7. The number of rotatable bonds is 38. The van der Waals surface area contributed by atoms with Gasteiger partial charge >= 0.3 is 19.8 Å². The summed E-state index contributed by atoms with van der Waals surface area (Å²) in [5, 5.41) is 18.3. The highest BCUT2D eigenvalue weighted by Gasteiger charge is 2.27. The molecule has 0 aliphatic heterocycles. The first-order valence-corrected chi connectivity index (χ1v) is 22.1. The minimum atomic E-state index is -4.62. The van der Waals surface area contributed by atoms with E-state index in [1.165, 1.54) is 44.9 Å². The molecule has 308 valence electrons. The maximum Gasteiger partial charge on any atom is 0.472 e. The molecule has 0 heterocycles. The molecule has 0 aromatic carbocycles. The van der Waals surface area contributed by atoms with Crippen LogP contribution in [0.4, 0.5) is 0 Å². The highest BCUT2D eigenvalue weighted by Crippen LogP contribution is 2.43. The van der Waals surface area contributed by atoms with Crippen molar-refractivity contribution in [2.24, 2.45) is 0 Å². The van der Waals surface area contributed by atoms with Crippen molar-refractivity contribution < 1.29 is 47.8 Å². The summed E-state index contributed by atoms with van der Waals surface area (Å²) in [7, 11) is -4.62. The molecule has 0 spiro atoms. The van der Waals surface area contributed by atoms with Crippen LogP contribution in [0.25, 0.3) is 0 Å². The summed E-state index contributed by atoms with van der Waals surface area (Å²) in [5.74, 6) is -0.961. The molecule has 3 atom stereocenters. The number of carbonyl (C=O) groups excluding carboxylic acids is 2. The molecule has 53 heavy (non-hydrogen) atoms. The number of aliphatic hydroxyl groups is 2. The van der Waals surface area contributed by atoms with Gasteiger partial charge in [-0.05, 0) is 70.6 Å². The third-order valence-corrected chi connectivity index (χ3v) is 9.43. The van der Waals surface area contributed by atoms with E-state index in [0.717, 1.165) is 83.5 Å². The predicted octanol–water partition coefficient (Wildman–Crippen LogP) is 10.6. The van der Waals surface area contributed by atoms with Crippen LogP contribution in [0.2, 0.25) is 0 Å². The lowest BCUT2D eigenvalue weighted by atomic mass is 10.1. The van der Waals surface area contributed by atoms with Gasteiger partial charge < -0.3 is 24.6 Å². The predicted molar refractivity (Wildman–Crippen MR) is 214 cm³/mol. The minimum absolute atomic E-state index is 0.162. The van der Waals surface area contributed by atoms with E-state index in [4.69, 9.17) is 19.1 Å². The van der Waals surface area contributed by atoms with Gasteiger partial charge in [-0.15, -0.1) is 0 Å². The summed E-state index contributed by atoms with van der Waals surface area (Å²) in [4.78, 5) is 34.9. The molecule has 0 amide bonds. The molecule has 0 bridgehead atoms. The third-order valence-electron chi connectivity index (χ3n) is 8.48. The maximum atomic E-state index is 12.6. The SMILES string of the molecule is CCCCC/C=C/C/C=C/CCCCCCCC(=O)OC[C@H](COP(=O)(O)OC[C@@H](O)CO)OC(=O)CCCCCCC/C=C/C=C/CCCCCC. The van der Waals surface area contributed by atoms with Gasteiger partial charge in [0.15, 0.2) is 6.10 Å². The Morgan fingerprint density at radius 2 is 1.04 bits per heavy atom. The Balaban J connectivity index is 4.39. The fraction of sp³-hybridized carbons (Fsp3) is 0.762. The number of hydrogen-bond acceptors (Lipinski definition) is 9. The lowest BCUT2D eigenvalue weighted by molar-refractivity contribution is -0.161. The molecule has 0 radical (unpaired) electrons. The zero-order chi connectivity index (χ0) is 39.1. The molecule has 0 fully saturated rings. The largest absolute Gasteiger partial charge is 0.472 e. The van der Waals surface area contributed by atoms with Gasteiger partial charge in [0.25, 0.3) is 0 Å². The summed E-state index contributed by atoms with van der Waals surface area (Å²) >= 11 is 0. The van der Waals surface area contributed by atoms with Gasteiger partial charge in [0, 0.05) is 12.8 Å². The standard InChI is InChI=1S/C42H75O10P/c1-3-5-7-9-11-13-15-17-19-21-23-25-27-29-31-33-41(45)49-37-40(38-51-53(47,48)50-36-39(44)35-43)52-42(46)34-32-30-28-26-24-22-20-18-16-14-12-10-8-6-4-2/h11,13-14,16-20,39-40,43-44H,3-10,12,15,21-38H2,1-2H3,(H,47,48)/b13-11+,16-14+,19-17+,20-18+/t39-,40+/m0/s1. The monoisotopic (exact) mass is 771 g/mol. The number of aliphatic hydroxyl groups excluding tert-OH is 2. The van der Waals surface area contributed by atoms with Crippen molar-refractivity contribution in [2.45, 2.75) is 180 Å². The molecule has 0 aromatic rings. The van der Waals surface area contributed by atoms with Crippen LogP contribution in [-0.2, 0) is 32.7 Å². The van der Waals surface area contributed by atoms with Crippen molar-refractivity contribution in [3.05, 3.63) is 48.6 Å². The van der Waals surface area contributed by atoms with Gasteiger partial charge in [0.2, 0.25) is 0 Å². The van der Waals surface area contributed by atoms with Crippen LogP contribution in [0, 0.1) is 0 Å². The quantitative estimate of drug-likeness (QED) is 0.0182. The number of phosphoric acid groups is 1. The van der Waals surface area contributed by atoms with Crippen molar-refractivity contribution in [3.8, 4) is 0 Å². The van der Waals surface area contributed by atoms with E-state index in [1.54, 1.807) is 0 Å². The lowest BCUT2D eigenvalue weighted by Crippen LogP contribution is -2.29.